The van der Waals surface area contributed by atoms with E-state index >= 15 is 0 Å². The minimum absolute atomic E-state index is 0.125. The molecule has 1 aliphatic heterocycles. The largest absolute Gasteiger partial charge is 0.383 e. The van der Waals surface area contributed by atoms with Gasteiger partial charge in [-0.05, 0) is 55.2 Å². The highest BCUT2D eigenvalue weighted by Gasteiger charge is 2.18. The molecule has 7 nitrogen and oxygen atoms in total. The highest BCUT2D eigenvalue weighted by Crippen LogP contribution is 2.27. The molecule has 0 saturated carbocycles. The van der Waals surface area contributed by atoms with Crippen molar-refractivity contribution in [2.75, 3.05) is 35.7 Å². The Morgan fingerprint density at radius 3 is 2.41 bits per heavy atom. The van der Waals surface area contributed by atoms with Crippen molar-refractivity contribution >= 4 is 28.7 Å². The zero-order valence-corrected chi connectivity index (χ0v) is 15.6. The second kappa shape index (κ2) is 8.07. The lowest BCUT2D eigenvalue weighted by atomic mass is 9.99. The molecular weight excluding hydrogens is 344 g/mol. The summed E-state index contributed by atoms with van der Waals surface area (Å²) in [6.07, 6.45) is 2.39. The van der Waals surface area contributed by atoms with E-state index in [2.05, 4.69) is 22.5 Å². The van der Waals surface area contributed by atoms with Crippen LogP contribution in [0.15, 0.2) is 42.5 Å². The molecule has 0 bridgehead atoms. The number of carbonyl (C=O) groups excluding carboxylic acids is 1. The first kappa shape index (κ1) is 18.7. The van der Waals surface area contributed by atoms with Gasteiger partial charge in [-0.3, -0.25) is 14.9 Å². The Morgan fingerprint density at radius 2 is 1.81 bits per heavy atom. The first-order valence-corrected chi connectivity index (χ1v) is 9.10. The molecule has 1 fully saturated rings. The lowest BCUT2D eigenvalue weighted by Crippen LogP contribution is -2.32. The fourth-order valence-electron chi connectivity index (χ4n) is 3.26. The summed E-state index contributed by atoms with van der Waals surface area (Å²) < 4.78 is 0. The van der Waals surface area contributed by atoms with Crippen molar-refractivity contribution in [2.45, 2.75) is 19.8 Å². The molecule has 0 atom stereocenters. The quantitative estimate of drug-likeness (QED) is 0.612. The van der Waals surface area contributed by atoms with Gasteiger partial charge in [-0.1, -0.05) is 6.92 Å². The van der Waals surface area contributed by atoms with Gasteiger partial charge < -0.3 is 15.5 Å². The van der Waals surface area contributed by atoms with Crippen molar-refractivity contribution < 1.29 is 9.72 Å². The van der Waals surface area contributed by atoms with Crippen LogP contribution >= 0.6 is 0 Å². The fraction of sp³-hybridized carbons (Fsp3) is 0.350. The Kier molecular flexibility index (Phi) is 5.59. The zero-order valence-electron chi connectivity index (χ0n) is 15.6. The molecule has 1 amide bonds. The monoisotopic (exact) mass is 368 g/mol. The van der Waals surface area contributed by atoms with Gasteiger partial charge in [0.25, 0.3) is 11.6 Å². The molecule has 0 radical (unpaired) electrons. The van der Waals surface area contributed by atoms with Crippen LogP contribution < -0.4 is 15.5 Å². The summed E-state index contributed by atoms with van der Waals surface area (Å²) in [4.78, 5) is 25.4. The van der Waals surface area contributed by atoms with Gasteiger partial charge in [-0.2, -0.15) is 0 Å². The molecule has 2 aromatic rings. The van der Waals surface area contributed by atoms with Crippen LogP contribution in [0, 0.1) is 16.0 Å². The number of carbonyl (C=O) groups is 1. The molecule has 0 aromatic heterocycles. The van der Waals surface area contributed by atoms with Gasteiger partial charge in [0.1, 0.15) is 5.69 Å². The van der Waals surface area contributed by atoms with Crippen LogP contribution in [0.2, 0.25) is 0 Å². The van der Waals surface area contributed by atoms with E-state index in [1.54, 1.807) is 13.1 Å². The third kappa shape index (κ3) is 4.36. The Bertz CT molecular complexity index is 828. The number of amides is 1. The number of nitrogens with one attached hydrogen (secondary N) is 2. The van der Waals surface area contributed by atoms with Crippen molar-refractivity contribution in [1.82, 2.24) is 0 Å². The van der Waals surface area contributed by atoms with E-state index < -0.39 is 4.92 Å². The molecule has 0 unspecified atom stereocenters. The van der Waals surface area contributed by atoms with Crippen LogP contribution in [0.25, 0.3) is 0 Å². The zero-order chi connectivity index (χ0) is 19.4. The number of benzene rings is 2. The summed E-state index contributed by atoms with van der Waals surface area (Å²) in [5.41, 5.74) is 2.30. The Balaban J connectivity index is 1.69. The Labute approximate surface area is 158 Å². The minimum Gasteiger partial charge on any atom is -0.383 e. The molecule has 0 aliphatic carbocycles. The predicted octanol–water partition coefficient (Wildman–Crippen LogP) is 4.13. The number of nitro groups is 1. The number of anilines is 3. The van der Waals surface area contributed by atoms with E-state index in [0.29, 0.717) is 11.4 Å². The predicted molar refractivity (Wildman–Crippen MR) is 108 cm³/mol. The number of rotatable bonds is 5. The number of hydrogen-bond acceptors (Lipinski definition) is 5. The number of nitro benzene ring substituents is 1. The van der Waals surface area contributed by atoms with Gasteiger partial charge in [0, 0.05) is 43.1 Å². The molecule has 1 aliphatic rings. The summed E-state index contributed by atoms with van der Waals surface area (Å²) in [5, 5.41) is 16.7. The lowest BCUT2D eigenvalue weighted by molar-refractivity contribution is -0.384. The van der Waals surface area contributed by atoms with E-state index in [9.17, 15) is 14.9 Å². The van der Waals surface area contributed by atoms with Crippen LogP contribution in [-0.4, -0.2) is 31.0 Å². The number of piperidine rings is 1. The van der Waals surface area contributed by atoms with Gasteiger partial charge >= 0.3 is 0 Å². The van der Waals surface area contributed by atoms with E-state index in [1.165, 1.54) is 25.0 Å². The normalized spacial score (nSPS) is 14.7. The van der Waals surface area contributed by atoms with Gasteiger partial charge in [0.15, 0.2) is 0 Å². The fourth-order valence-corrected chi connectivity index (χ4v) is 3.26. The first-order chi connectivity index (χ1) is 13.0. The summed E-state index contributed by atoms with van der Waals surface area (Å²) in [7, 11) is 1.60. The molecular formula is C20H24N4O3. The van der Waals surface area contributed by atoms with Crippen LogP contribution in [0.4, 0.5) is 22.7 Å². The highest BCUT2D eigenvalue weighted by atomic mass is 16.6. The Morgan fingerprint density at radius 1 is 1.15 bits per heavy atom. The van der Waals surface area contributed by atoms with E-state index in [-0.39, 0.29) is 17.2 Å². The van der Waals surface area contributed by atoms with E-state index in [0.717, 1.165) is 24.7 Å². The van der Waals surface area contributed by atoms with Crippen molar-refractivity contribution in [2.24, 2.45) is 5.92 Å². The summed E-state index contributed by atoms with van der Waals surface area (Å²) in [6, 6.07) is 12.1. The average Bonchev–Trinajstić information content (AvgIpc) is 2.68. The minimum atomic E-state index is -0.503. The highest BCUT2D eigenvalue weighted by molar-refractivity contribution is 6.05. The molecule has 2 aromatic carbocycles. The van der Waals surface area contributed by atoms with Crippen LogP contribution in [0.5, 0.6) is 0 Å². The van der Waals surface area contributed by atoms with Crippen LogP contribution in [-0.2, 0) is 0 Å². The van der Waals surface area contributed by atoms with Crippen molar-refractivity contribution in [1.29, 1.82) is 0 Å². The maximum atomic E-state index is 12.4. The van der Waals surface area contributed by atoms with Gasteiger partial charge in [0.2, 0.25) is 0 Å². The van der Waals surface area contributed by atoms with Crippen molar-refractivity contribution in [3.63, 3.8) is 0 Å². The smallest absolute Gasteiger partial charge is 0.293 e. The summed E-state index contributed by atoms with van der Waals surface area (Å²) in [5.74, 6) is 0.401. The molecule has 1 heterocycles. The second-order valence-corrected chi connectivity index (χ2v) is 6.91. The summed E-state index contributed by atoms with van der Waals surface area (Å²) in [6.45, 7) is 4.38. The van der Waals surface area contributed by atoms with E-state index in [1.807, 2.05) is 24.3 Å². The molecule has 3 rings (SSSR count). The number of hydrogen-bond donors (Lipinski definition) is 2. The van der Waals surface area contributed by atoms with Gasteiger partial charge in [-0.25, -0.2) is 0 Å². The van der Waals surface area contributed by atoms with Gasteiger partial charge in [0.05, 0.1) is 4.92 Å². The third-order valence-corrected chi connectivity index (χ3v) is 5.00. The SMILES string of the molecule is CNc1ccc(C(=O)Nc2ccc(N3CCC(C)CC3)cc2)cc1[N+](=O)[O-]. The van der Waals surface area contributed by atoms with Gasteiger partial charge in [-0.15, -0.1) is 0 Å². The topological polar surface area (TPSA) is 87.5 Å². The standard InChI is InChI=1S/C20H24N4O3/c1-14-9-11-23(12-10-14)17-6-4-16(5-7-17)22-20(25)15-3-8-18(21-2)19(13-15)24(26)27/h3-8,13-14,21H,9-12H2,1-2H3,(H,22,25). The van der Waals surface area contributed by atoms with Crippen molar-refractivity contribution in [3.8, 4) is 0 Å². The maximum absolute atomic E-state index is 12.4. The van der Waals surface area contributed by atoms with Crippen LogP contribution in [0.1, 0.15) is 30.1 Å². The molecule has 142 valence electrons. The Hall–Kier alpha value is -3.09. The second-order valence-electron chi connectivity index (χ2n) is 6.91. The molecule has 7 heteroatoms. The first-order valence-electron chi connectivity index (χ1n) is 9.10. The third-order valence-electron chi connectivity index (χ3n) is 5.00. The molecule has 27 heavy (non-hydrogen) atoms. The lowest BCUT2D eigenvalue weighted by Gasteiger charge is -2.32. The molecule has 1 saturated heterocycles. The van der Waals surface area contributed by atoms with Crippen LogP contribution in [0.3, 0.4) is 0 Å². The van der Waals surface area contributed by atoms with Crippen molar-refractivity contribution in [3.05, 3.63) is 58.1 Å². The molecule has 2 N–H and O–H groups in total. The molecule has 0 spiro atoms. The van der Waals surface area contributed by atoms with E-state index in [4.69, 9.17) is 0 Å². The maximum Gasteiger partial charge on any atom is 0.293 e. The summed E-state index contributed by atoms with van der Waals surface area (Å²) >= 11 is 0. The number of nitrogens with zero attached hydrogens (tertiary/aromatic N) is 2. The average molecular weight is 368 g/mol.